The van der Waals surface area contributed by atoms with Gasteiger partial charge in [0.2, 0.25) is 21.8 Å². The highest BCUT2D eigenvalue weighted by Crippen LogP contribution is 2.49. The Balaban J connectivity index is 1.27. The quantitative estimate of drug-likeness (QED) is 0.351. The van der Waals surface area contributed by atoms with Crippen LogP contribution in [0.15, 0.2) is 30.4 Å². The Morgan fingerprint density at radius 3 is 2.63 bits per heavy atom. The molecule has 5 atom stereocenters. The van der Waals surface area contributed by atoms with Crippen molar-refractivity contribution < 1.29 is 41.8 Å². The molecule has 292 valence electrons. The number of allylic oxidation sites excluding steroid dienone is 1. The lowest BCUT2D eigenvalue weighted by molar-refractivity contribution is -0.143. The molecule has 1 aromatic carbocycles. The molecule has 0 bridgehead atoms. The Labute approximate surface area is 315 Å². The van der Waals surface area contributed by atoms with Crippen molar-refractivity contribution in [1.29, 1.82) is 0 Å². The number of fused-ring (bicyclic) bond motifs is 5. The van der Waals surface area contributed by atoms with Crippen LogP contribution in [0.1, 0.15) is 96.2 Å². The van der Waals surface area contributed by atoms with Gasteiger partial charge in [-0.25, -0.2) is 22.6 Å². The third kappa shape index (κ3) is 6.81. The van der Waals surface area contributed by atoms with E-state index in [9.17, 15) is 37.1 Å². The van der Waals surface area contributed by atoms with Crippen molar-refractivity contribution in [2.75, 3.05) is 13.1 Å². The smallest absolute Gasteiger partial charge is 0.407 e. The molecule has 3 aliphatic heterocycles. The summed E-state index contributed by atoms with van der Waals surface area (Å²) in [6.07, 6.45) is 7.42. The summed E-state index contributed by atoms with van der Waals surface area (Å²) < 4.78 is 49.2. The Hall–Kier alpha value is -4.27. The number of nitrogens with one attached hydrogen (secondary N) is 2. The van der Waals surface area contributed by atoms with Gasteiger partial charge in [0.15, 0.2) is 0 Å². The van der Waals surface area contributed by atoms with Gasteiger partial charge >= 0.3 is 6.09 Å². The molecular weight excluding hydrogens is 718 g/mol. The van der Waals surface area contributed by atoms with E-state index in [0.29, 0.717) is 55.4 Å². The molecular formula is C39H50FN5O8S. The number of carbonyl (C=O) groups is 4. The van der Waals surface area contributed by atoms with E-state index in [4.69, 9.17) is 4.74 Å². The van der Waals surface area contributed by atoms with Gasteiger partial charge in [-0.2, -0.15) is 0 Å². The zero-order chi connectivity index (χ0) is 38.8. The zero-order valence-electron chi connectivity index (χ0n) is 31.3. The van der Waals surface area contributed by atoms with E-state index in [0.717, 1.165) is 18.4 Å². The van der Waals surface area contributed by atoms with Crippen molar-refractivity contribution in [3.8, 4) is 5.75 Å². The molecule has 2 saturated carbocycles. The molecule has 3 fully saturated rings. The van der Waals surface area contributed by atoms with E-state index < -0.39 is 73.5 Å². The Morgan fingerprint density at radius 2 is 1.93 bits per heavy atom. The van der Waals surface area contributed by atoms with Gasteiger partial charge in [0.1, 0.15) is 40.3 Å². The second kappa shape index (κ2) is 13.8. The lowest BCUT2D eigenvalue weighted by Gasteiger charge is -2.37. The molecule has 15 heteroatoms. The summed E-state index contributed by atoms with van der Waals surface area (Å²) in [5, 5.41) is 13.9. The van der Waals surface area contributed by atoms with Crippen LogP contribution in [0.25, 0.3) is 10.9 Å². The highest BCUT2D eigenvalue weighted by atomic mass is 32.2. The molecule has 54 heavy (non-hydrogen) atoms. The van der Waals surface area contributed by atoms with Crippen LogP contribution in [-0.4, -0.2) is 93.2 Å². The number of carboxylic acid groups (broad SMARTS) is 1. The number of carbonyl (C=O) groups excluding carboxylic acids is 3. The van der Waals surface area contributed by atoms with Crippen molar-refractivity contribution in [2.45, 2.75) is 126 Å². The number of aryl methyl sites for hydroxylation is 2. The van der Waals surface area contributed by atoms with Gasteiger partial charge in [0.25, 0.3) is 5.91 Å². The second-order valence-corrected chi connectivity index (χ2v) is 18.9. The molecule has 1 saturated heterocycles. The first-order chi connectivity index (χ1) is 25.5. The number of para-hydroxylation sites is 1. The van der Waals surface area contributed by atoms with E-state index in [2.05, 4.69) is 15.0 Å². The number of benzene rings is 1. The number of hydrogen-bond acceptors (Lipinski definition) is 8. The van der Waals surface area contributed by atoms with Crippen molar-refractivity contribution in [3.05, 3.63) is 47.4 Å². The van der Waals surface area contributed by atoms with Crippen LogP contribution < -0.4 is 14.8 Å². The standard InChI is InChI=1S/C39H50FN5O8S/c1-23(2)21-44(36(49)50)29-14-9-7-5-6-8-11-25-19-39(25,35(48)43-54(51,52)37(4)17-18-37)42-33(46)30-20-38(22-45(30)34(29)47)16-15-27-26-12-10-13-28(40)31(26)41-24(3)32(27)53-38/h8,10-13,23,25,29-30H,5-7,9,14-22H2,1-4H3,(H,42,46)(H,43,48)(H,49,50)/b11-8-/t25-,29+,30+,38-,39-/m1/s1. The molecule has 0 radical (unpaired) electrons. The number of hydrogen-bond donors (Lipinski definition) is 3. The molecule has 2 aliphatic carbocycles. The molecule has 0 unspecified atom stereocenters. The largest absolute Gasteiger partial charge is 0.483 e. The van der Waals surface area contributed by atoms with Gasteiger partial charge in [0.05, 0.1) is 17.0 Å². The van der Waals surface area contributed by atoms with Crippen molar-refractivity contribution in [3.63, 3.8) is 0 Å². The lowest BCUT2D eigenvalue weighted by atomic mass is 9.87. The average Bonchev–Trinajstić information content (AvgIpc) is 4.00. The first kappa shape index (κ1) is 38.0. The topological polar surface area (TPSA) is 175 Å². The molecule has 4 heterocycles. The van der Waals surface area contributed by atoms with Crippen molar-refractivity contribution >= 4 is 44.7 Å². The van der Waals surface area contributed by atoms with E-state index in [1.54, 1.807) is 26.0 Å². The van der Waals surface area contributed by atoms with Crippen LogP contribution in [0.3, 0.4) is 0 Å². The SMILES string of the molecule is Cc1nc2c(F)cccc2c2c1O[C@]1(CC2)C[C@H]2C(=O)N[C@]3(C(=O)NS(=O)(=O)C4(C)CC4)C[C@H]3/C=C\CCCCC[C@H](N(CC(C)C)C(=O)O)C(=O)N2C1. The minimum absolute atomic E-state index is 0.0309. The van der Waals surface area contributed by atoms with Crippen LogP contribution in [0, 0.1) is 24.6 Å². The fraction of sp³-hybridized carbons (Fsp3) is 0.615. The number of aromatic nitrogens is 1. The van der Waals surface area contributed by atoms with Gasteiger partial charge in [-0.3, -0.25) is 24.0 Å². The number of halogens is 1. The number of nitrogens with zero attached hydrogens (tertiary/aromatic N) is 3. The minimum atomic E-state index is -4.01. The maximum absolute atomic E-state index is 14.9. The summed E-state index contributed by atoms with van der Waals surface area (Å²) >= 11 is 0. The Bertz CT molecular complexity index is 2040. The Morgan fingerprint density at radius 1 is 1.17 bits per heavy atom. The summed E-state index contributed by atoms with van der Waals surface area (Å²) in [6, 6.07) is 2.51. The maximum Gasteiger partial charge on any atom is 0.407 e. The predicted octanol–water partition coefficient (Wildman–Crippen LogP) is 4.75. The molecule has 5 aliphatic rings. The van der Waals surface area contributed by atoms with Gasteiger partial charge in [-0.1, -0.05) is 51.0 Å². The highest BCUT2D eigenvalue weighted by Gasteiger charge is 2.64. The van der Waals surface area contributed by atoms with Gasteiger partial charge in [-0.05, 0) is 77.2 Å². The first-order valence-electron chi connectivity index (χ1n) is 19.1. The molecule has 4 amide bonds. The van der Waals surface area contributed by atoms with Crippen molar-refractivity contribution in [1.82, 2.24) is 24.8 Å². The maximum atomic E-state index is 14.9. The van der Waals surface area contributed by atoms with E-state index >= 15 is 0 Å². The van der Waals surface area contributed by atoms with E-state index in [1.807, 2.05) is 26.0 Å². The third-order valence-corrected chi connectivity index (χ3v) is 14.3. The summed E-state index contributed by atoms with van der Waals surface area (Å²) in [4.78, 5) is 63.2. The van der Waals surface area contributed by atoms with E-state index in [1.165, 1.54) is 15.9 Å². The van der Waals surface area contributed by atoms with Crippen LogP contribution in [0.2, 0.25) is 0 Å². The monoisotopic (exact) mass is 767 g/mol. The molecule has 13 nitrogen and oxygen atoms in total. The van der Waals surface area contributed by atoms with E-state index in [-0.39, 0.29) is 43.8 Å². The predicted molar refractivity (Wildman–Crippen MR) is 197 cm³/mol. The lowest BCUT2D eigenvalue weighted by Crippen LogP contribution is -2.59. The number of pyridine rings is 1. The summed E-state index contributed by atoms with van der Waals surface area (Å²) in [6.45, 7) is 7.13. The molecule has 1 aromatic heterocycles. The summed E-state index contributed by atoms with van der Waals surface area (Å²) in [5.41, 5.74) is -1.16. The molecule has 1 spiro atoms. The van der Waals surface area contributed by atoms with Gasteiger partial charge < -0.3 is 20.1 Å². The number of amides is 4. The fourth-order valence-corrected chi connectivity index (χ4v) is 9.86. The molecule has 2 aromatic rings. The van der Waals surface area contributed by atoms with Crippen LogP contribution in [0.5, 0.6) is 5.75 Å². The number of sulfonamides is 1. The summed E-state index contributed by atoms with van der Waals surface area (Å²) in [7, 11) is -4.01. The van der Waals surface area contributed by atoms with Gasteiger partial charge in [0, 0.05) is 29.8 Å². The zero-order valence-corrected chi connectivity index (χ0v) is 32.1. The molecule has 3 N–H and O–H groups in total. The van der Waals surface area contributed by atoms with Crippen LogP contribution in [0.4, 0.5) is 9.18 Å². The second-order valence-electron chi connectivity index (χ2n) is 16.7. The average molecular weight is 768 g/mol. The Kier molecular flexibility index (Phi) is 9.71. The normalized spacial score (nSPS) is 29.9. The van der Waals surface area contributed by atoms with Gasteiger partial charge in [-0.15, -0.1) is 0 Å². The summed E-state index contributed by atoms with van der Waals surface area (Å²) in [5.74, 6) is -2.52. The minimum Gasteiger partial charge on any atom is -0.483 e. The first-order valence-corrected chi connectivity index (χ1v) is 20.6. The third-order valence-electron chi connectivity index (χ3n) is 12.1. The van der Waals surface area contributed by atoms with Crippen molar-refractivity contribution in [2.24, 2.45) is 11.8 Å². The molecule has 7 rings (SSSR count). The number of rotatable bonds is 6. The van der Waals surface area contributed by atoms with Crippen LogP contribution in [-0.2, 0) is 30.8 Å². The fourth-order valence-electron chi connectivity index (χ4n) is 8.54. The van der Waals surface area contributed by atoms with Crippen LogP contribution >= 0.6 is 0 Å². The number of ether oxygens (including phenoxy) is 1. The highest BCUT2D eigenvalue weighted by molar-refractivity contribution is 7.91.